The zero-order chi connectivity index (χ0) is 12.4. The average molecular weight is 334 g/mol. The summed E-state index contributed by atoms with van der Waals surface area (Å²) in [5.74, 6) is 0.120. The Kier molecular flexibility index (Phi) is 4.45. The van der Waals surface area contributed by atoms with Gasteiger partial charge in [-0.05, 0) is 12.1 Å². The van der Waals surface area contributed by atoms with E-state index >= 15 is 0 Å². The second kappa shape index (κ2) is 6.08. The van der Waals surface area contributed by atoms with Crippen LogP contribution >= 0.6 is 28.3 Å². The van der Waals surface area contributed by atoms with Crippen LogP contribution in [0, 0.1) is 0 Å². The van der Waals surface area contributed by atoms with Crippen LogP contribution < -0.4 is 0 Å². The van der Waals surface area contributed by atoms with E-state index in [1.54, 1.807) is 11.3 Å². The van der Waals surface area contributed by atoms with Gasteiger partial charge in [0.05, 0.1) is 16.6 Å². The third-order valence-electron chi connectivity index (χ3n) is 2.75. The third-order valence-corrected chi connectivity index (χ3v) is 3.78. The Labute approximate surface area is 125 Å². The summed E-state index contributed by atoms with van der Waals surface area (Å²) in [6.45, 7) is 0. The van der Waals surface area contributed by atoms with Crippen molar-refractivity contribution in [1.29, 1.82) is 0 Å². The molecule has 0 saturated heterocycles. The first kappa shape index (κ1) is 13.9. The average Bonchev–Trinajstić information content (AvgIpc) is 2.82. The topological polar surface area (TPSA) is 30.0 Å². The van der Waals surface area contributed by atoms with Gasteiger partial charge in [-0.15, -0.1) is 28.3 Å². The fourth-order valence-corrected chi connectivity index (χ4v) is 2.82. The molecule has 0 saturated carbocycles. The number of ketones is 1. The molecule has 1 heterocycles. The van der Waals surface area contributed by atoms with Crippen molar-refractivity contribution < 1.29 is 4.79 Å². The molecule has 0 bridgehead atoms. The molecular formula is C15H12BrNOS. The molecule has 0 radical (unpaired) electrons. The first-order valence-electron chi connectivity index (χ1n) is 5.75. The maximum atomic E-state index is 12.1. The number of benzene rings is 2. The molecule has 4 heteroatoms. The Morgan fingerprint density at radius 2 is 1.68 bits per heavy atom. The minimum Gasteiger partial charge on any atom is -0.294 e. The molecule has 0 amide bonds. The monoisotopic (exact) mass is 333 g/mol. The minimum absolute atomic E-state index is 0. The van der Waals surface area contributed by atoms with Gasteiger partial charge in [0.25, 0.3) is 0 Å². The van der Waals surface area contributed by atoms with Crippen LogP contribution in [0.2, 0.25) is 0 Å². The van der Waals surface area contributed by atoms with Crippen molar-refractivity contribution >= 4 is 44.3 Å². The molecule has 0 aliphatic carbocycles. The van der Waals surface area contributed by atoms with Crippen LogP contribution in [0.1, 0.15) is 15.4 Å². The first-order chi connectivity index (χ1) is 8.83. The van der Waals surface area contributed by atoms with E-state index in [4.69, 9.17) is 0 Å². The quantitative estimate of drug-likeness (QED) is 0.669. The van der Waals surface area contributed by atoms with E-state index < -0.39 is 0 Å². The van der Waals surface area contributed by atoms with Crippen molar-refractivity contribution in [3.05, 3.63) is 65.2 Å². The smallest absolute Gasteiger partial charge is 0.169 e. The second-order valence-corrected chi connectivity index (χ2v) is 5.16. The predicted octanol–water partition coefficient (Wildman–Crippen LogP) is 4.30. The van der Waals surface area contributed by atoms with Crippen LogP contribution in [0.5, 0.6) is 0 Å². The molecule has 0 atom stereocenters. The van der Waals surface area contributed by atoms with Gasteiger partial charge in [-0.25, -0.2) is 4.98 Å². The fraction of sp³-hybridized carbons (Fsp3) is 0.0667. The van der Waals surface area contributed by atoms with Gasteiger partial charge in [0.2, 0.25) is 0 Å². The van der Waals surface area contributed by atoms with E-state index in [9.17, 15) is 4.79 Å². The summed E-state index contributed by atoms with van der Waals surface area (Å²) in [4.78, 5) is 16.5. The Bertz CT molecular complexity index is 660. The number of hydrogen-bond acceptors (Lipinski definition) is 3. The Morgan fingerprint density at radius 1 is 1.00 bits per heavy atom. The number of nitrogens with zero attached hydrogens (tertiary/aromatic N) is 1. The fourth-order valence-electron chi connectivity index (χ4n) is 1.86. The van der Waals surface area contributed by atoms with Crippen molar-refractivity contribution in [2.24, 2.45) is 0 Å². The molecule has 0 N–H and O–H groups in total. The minimum atomic E-state index is 0. The Balaban J connectivity index is 0.00000133. The van der Waals surface area contributed by atoms with E-state index in [-0.39, 0.29) is 22.8 Å². The number of aromatic nitrogens is 1. The maximum absolute atomic E-state index is 12.1. The normalized spacial score (nSPS) is 10.1. The van der Waals surface area contributed by atoms with E-state index in [0.29, 0.717) is 6.42 Å². The molecule has 0 aliphatic heterocycles. The number of carbonyl (C=O) groups excluding carboxylic acids is 1. The summed E-state index contributed by atoms with van der Waals surface area (Å²) in [5.41, 5.74) is 1.72. The van der Waals surface area contributed by atoms with Gasteiger partial charge in [-0.2, -0.15) is 0 Å². The lowest BCUT2D eigenvalue weighted by molar-refractivity contribution is 0.0993. The molecule has 0 unspecified atom stereocenters. The highest BCUT2D eigenvalue weighted by Gasteiger charge is 2.10. The van der Waals surface area contributed by atoms with Gasteiger partial charge in [0.1, 0.15) is 5.01 Å². The van der Waals surface area contributed by atoms with Gasteiger partial charge in [0.15, 0.2) is 5.78 Å². The summed E-state index contributed by atoms with van der Waals surface area (Å²) in [6, 6.07) is 17.3. The van der Waals surface area contributed by atoms with Crippen molar-refractivity contribution in [2.75, 3.05) is 0 Å². The largest absolute Gasteiger partial charge is 0.294 e. The van der Waals surface area contributed by atoms with Crippen LogP contribution in [0.3, 0.4) is 0 Å². The zero-order valence-electron chi connectivity index (χ0n) is 10.1. The molecular weight excluding hydrogens is 322 g/mol. The van der Waals surface area contributed by atoms with Crippen molar-refractivity contribution in [3.8, 4) is 0 Å². The molecule has 3 aromatic rings. The zero-order valence-corrected chi connectivity index (χ0v) is 12.6. The highest BCUT2D eigenvalue weighted by molar-refractivity contribution is 8.93. The molecule has 0 spiro atoms. The second-order valence-electron chi connectivity index (χ2n) is 4.04. The first-order valence-corrected chi connectivity index (χ1v) is 6.57. The standard InChI is InChI=1S/C15H11NOS.BrH/c17-13(11-6-2-1-3-7-11)10-15-16-12-8-4-5-9-14(12)18-15;/h1-9H,10H2;1H. The third kappa shape index (κ3) is 3.08. The van der Waals surface area contributed by atoms with Gasteiger partial charge in [-0.1, -0.05) is 42.5 Å². The van der Waals surface area contributed by atoms with E-state index in [2.05, 4.69) is 4.98 Å². The molecule has 96 valence electrons. The lowest BCUT2D eigenvalue weighted by atomic mass is 10.1. The molecule has 19 heavy (non-hydrogen) atoms. The Hall–Kier alpha value is -1.52. The summed E-state index contributed by atoms with van der Waals surface area (Å²) >= 11 is 1.59. The molecule has 0 fully saturated rings. The van der Waals surface area contributed by atoms with E-state index in [0.717, 1.165) is 20.8 Å². The van der Waals surface area contributed by atoms with Crippen LogP contribution in [0.15, 0.2) is 54.6 Å². The van der Waals surface area contributed by atoms with Crippen molar-refractivity contribution in [3.63, 3.8) is 0 Å². The summed E-state index contributed by atoms with van der Waals surface area (Å²) in [6.07, 6.45) is 0.378. The number of Topliss-reactive ketones (excluding diaryl/α,β-unsaturated/α-hetero) is 1. The van der Waals surface area contributed by atoms with Crippen molar-refractivity contribution in [2.45, 2.75) is 6.42 Å². The number of para-hydroxylation sites is 1. The van der Waals surface area contributed by atoms with Gasteiger partial charge < -0.3 is 0 Å². The number of thiazole rings is 1. The summed E-state index contributed by atoms with van der Waals surface area (Å²) in [5, 5.41) is 0.880. The van der Waals surface area contributed by atoms with E-state index in [1.165, 1.54) is 0 Å². The Morgan fingerprint density at radius 3 is 2.42 bits per heavy atom. The lowest BCUT2D eigenvalue weighted by Crippen LogP contribution is -2.02. The van der Waals surface area contributed by atoms with Gasteiger partial charge in [-0.3, -0.25) is 4.79 Å². The van der Waals surface area contributed by atoms with Crippen LogP contribution in [0.25, 0.3) is 10.2 Å². The van der Waals surface area contributed by atoms with Crippen LogP contribution in [-0.4, -0.2) is 10.8 Å². The number of rotatable bonds is 3. The highest BCUT2D eigenvalue weighted by atomic mass is 79.9. The predicted molar refractivity (Wildman–Crippen MR) is 84.4 cm³/mol. The summed E-state index contributed by atoms with van der Waals surface area (Å²) < 4.78 is 1.13. The van der Waals surface area contributed by atoms with Crippen LogP contribution in [0.4, 0.5) is 0 Å². The number of fused-ring (bicyclic) bond motifs is 1. The maximum Gasteiger partial charge on any atom is 0.169 e. The molecule has 2 nitrogen and oxygen atoms in total. The highest BCUT2D eigenvalue weighted by Crippen LogP contribution is 2.22. The van der Waals surface area contributed by atoms with Crippen molar-refractivity contribution in [1.82, 2.24) is 4.98 Å². The van der Waals surface area contributed by atoms with Gasteiger partial charge >= 0.3 is 0 Å². The molecule has 3 rings (SSSR count). The SMILES string of the molecule is Br.O=C(Cc1nc2ccccc2s1)c1ccccc1. The number of carbonyl (C=O) groups is 1. The number of halogens is 1. The molecule has 1 aromatic heterocycles. The van der Waals surface area contributed by atoms with Crippen LogP contribution in [-0.2, 0) is 6.42 Å². The van der Waals surface area contributed by atoms with E-state index in [1.807, 2.05) is 54.6 Å². The number of hydrogen-bond donors (Lipinski definition) is 0. The lowest BCUT2D eigenvalue weighted by Gasteiger charge is -1.97. The van der Waals surface area contributed by atoms with Gasteiger partial charge in [0, 0.05) is 5.56 Å². The molecule has 2 aromatic carbocycles. The summed E-state index contributed by atoms with van der Waals surface area (Å²) in [7, 11) is 0. The molecule has 0 aliphatic rings.